The molecular weight excluding hydrogens is 318 g/mol. The van der Waals surface area contributed by atoms with E-state index in [-0.39, 0.29) is 6.79 Å². The molecule has 7 heteroatoms. The maximum absolute atomic E-state index is 5.40. The summed E-state index contributed by atoms with van der Waals surface area (Å²) in [5.41, 5.74) is 1.96. The van der Waals surface area contributed by atoms with Crippen LogP contribution in [-0.4, -0.2) is 21.7 Å². The summed E-state index contributed by atoms with van der Waals surface area (Å²) < 4.78 is 10.7. The molecule has 4 rings (SSSR count). The third-order valence-corrected chi connectivity index (χ3v) is 3.68. The number of fused-ring (bicyclic) bond motifs is 1. The summed E-state index contributed by atoms with van der Waals surface area (Å²) in [6, 6.07) is 11.5. The van der Waals surface area contributed by atoms with Crippen LogP contribution in [0.25, 0.3) is 0 Å². The normalized spacial score (nSPS) is 12.0. The molecule has 25 heavy (non-hydrogen) atoms. The number of aryl methyl sites for hydroxylation is 1. The molecule has 1 aromatic carbocycles. The van der Waals surface area contributed by atoms with Gasteiger partial charge in [0.2, 0.25) is 6.79 Å². The monoisotopic (exact) mass is 335 g/mol. The zero-order valence-corrected chi connectivity index (χ0v) is 13.7. The fraction of sp³-hybridized carbons (Fsp3) is 0.167. The van der Waals surface area contributed by atoms with Crippen molar-refractivity contribution in [3.8, 4) is 11.5 Å². The van der Waals surface area contributed by atoms with E-state index in [0.29, 0.717) is 18.2 Å². The molecule has 3 aromatic rings. The Morgan fingerprint density at radius 3 is 2.80 bits per heavy atom. The SMILES string of the molecule is Cc1nc(NCc2cccnc2)cc(Nc2ccc3c(c2)OCO3)n1. The second-order valence-electron chi connectivity index (χ2n) is 5.59. The van der Waals surface area contributed by atoms with Crippen LogP contribution in [0.5, 0.6) is 11.5 Å². The minimum atomic E-state index is 0.258. The number of nitrogens with zero attached hydrogens (tertiary/aromatic N) is 3. The van der Waals surface area contributed by atoms with Gasteiger partial charge in [0, 0.05) is 36.8 Å². The van der Waals surface area contributed by atoms with E-state index in [0.717, 1.165) is 28.6 Å². The minimum absolute atomic E-state index is 0.258. The first-order valence-electron chi connectivity index (χ1n) is 7.91. The Morgan fingerprint density at radius 1 is 1.04 bits per heavy atom. The van der Waals surface area contributed by atoms with Crippen molar-refractivity contribution < 1.29 is 9.47 Å². The predicted molar refractivity (Wildman–Crippen MR) is 94.2 cm³/mol. The van der Waals surface area contributed by atoms with Crippen molar-refractivity contribution in [3.63, 3.8) is 0 Å². The fourth-order valence-corrected chi connectivity index (χ4v) is 2.54. The van der Waals surface area contributed by atoms with Crippen molar-refractivity contribution in [2.75, 3.05) is 17.4 Å². The molecule has 0 amide bonds. The number of rotatable bonds is 5. The lowest BCUT2D eigenvalue weighted by atomic mass is 10.2. The van der Waals surface area contributed by atoms with Crippen molar-refractivity contribution in [2.45, 2.75) is 13.5 Å². The van der Waals surface area contributed by atoms with E-state index < -0.39 is 0 Å². The van der Waals surface area contributed by atoms with Crippen LogP contribution in [0.4, 0.5) is 17.3 Å². The zero-order chi connectivity index (χ0) is 17.1. The highest BCUT2D eigenvalue weighted by Crippen LogP contribution is 2.35. The van der Waals surface area contributed by atoms with Crippen LogP contribution in [0.2, 0.25) is 0 Å². The molecule has 0 aliphatic carbocycles. The Morgan fingerprint density at radius 2 is 1.92 bits per heavy atom. The molecule has 2 aromatic heterocycles. The largest absolute Gasteiger partial charge is 0.454 e. The van der Waals surface area contributed by atoms with Gasteiger partial charge in [-0.15, -0.1) is 0 Å². The van der Waals surface area contributed by atoms with Gasteiger partial charge in [0.25, 0.3) is 0 Å². The van der Waals surface area contributed by atoms with Crippen LogP contribution in [0.1, 0.15) is 11.4 Å². The quantitative estimate of drug-likeness (QED) is 0.740. The van der Waals surface area contributed by atoms with Gasteiger partial charge in [-0.2, -0.15) is 0 Å². The molecule has 0 atom stereocenters. The molecule has 0 unspecified atom stereocenters. The summed E-state index contributed by atoms with van der Waals surface area (Å²) >= 11 is 0. The smallest absolute Gasteiger partial charge is 0.231 e. The lowest BCUT2D eigenvalue weighted by Crippen LogP contribution is -2.05. The van der Waals surface area contributed by atoms with E-state index in [1.165, 1.54) is 0 Å². The molecule has 3 heterocycles. The van der Waals surface area contributed by atoms with E-state index >= 15 is 0 Å². The summed E-state index contributed by atoms with van der Waals surface area (Å²) in [7, 11) is 0. The van der Waals surface area contributed by atoms with Crippen LogP contribution < -0.4 is 20.1 Å². The summed E-state index contributed by atoms with van der Waals surface area (Å²) in [4.78, 5) is 13.0. The van der Waals surface area contributed by atoms with Crippen molar-refractivity contribution in [2.24, 2.45) is 0 Å². The van der Waals surface area contributed by atoms with Gasteiger partial charge in [-0.05, 0) is 30.7 Å². The Bertz CT molecular complexity index is 886. The van der Waals surface area contributed by atoms with Gasteiger partial charge in [-0.3, -0.25) is 4.98 Å². The molecule has 0 radical (unpaired) electrons. The van der Waals surface area contributed by atoms with Crippen molar-refractivity contribution >= 4 is 17.3 Å². The van der Waals surface area contributed by atoms with Crippen molar-refractivity contribution in [1.29, 1.82) is 0 Å². The van der Waals surface area contributed by atoms with Gasteiger partial charge in [0.15, 0.2) is 11.5 Å². The summed E-state index contributed by atoms with van der Waals surface area (Å²) in [6.45, 7) is 2.77. The van der Waals surface area contributed by atoms with E-state index in [9.17, 15) is 0 Å². The molecule has 2 N–H and O–H groups in total. The number of hydrogen-bond acceptors (Lipinski definition) is 7. The zero-order valence-electron chi connectivity index (χ0n) is 13.7. The highest BCUT2D eigenvalue weighted by molar-refractivity contribution is 5.63. The summed E-state index contributed by atoms with van der Waals surface area (Å²) in [5, 5.41) is 6.57. The van der Waals surface area contributed by atoms with Gasteiger partial charge in [-0.1, -0.05) is 6.07 Å². The molecule has 0 fully saturated rings. The van der Waals surface area contributed by atoms with E-state index in [2.05, 4.69) is 25.6 Å². The average molecular weight is 335 g/mol. The minimum Gasteiger partial charge on any atom is -0.454 e. The molecule has 0 spiro atoms. The lowest BCUT2D eigenvalue weighted by Gasteiger charge is -2.10. The lowest BCUT2D eigenvalue weighted by molar-refractivity contribution is 0.174. The van der Waals surface area contributed by atoms with Crippen LogP contribution in [0, 0.1) is 6.92 Å². The second-order valence-corrected chi connectivity index (χ2v) is 5.59. The Hall–Kier alpha value is -3.35. The molecule has 0 bridgehead atoms. The number of benzene rings is 1. The van der Waals surface area contributed by atoms with Crippen LogP contribution in [0.3, 0.4) is 0 Å². The third kappa shape index (κ3) is 3.60. The Labute approximate surface area is 145 Å². The number of aromatic nitrogens is 3. The van der Waals surface area contributed by atoms with Gasteiger partial charge in [0.05, 0.1) is 0 Å². The van der Waals surface area contributed by atoms with Crippen molar-refractivity contribution in [1.82, 2.24) is 15.0 Å². The second kappa shape index (κ2) is 6.64. The van der Waals surface area contributed by atoms with Crippen LogP contribution >= 0.6 is 0 Å². The first-order valence-corrected chi connectivity index (χ1v) is 7.91. The molecule has 126 valence electrons. The van der Waals surface area contributed by atoms with E-state index in [1.807, 2.05) is 49.5 Å². The molecule has 0 saturated carbocycles. The number of hydrogen-bond donors (Lipinski definition) is 2. The molecule has 1 aliphatic rings. The molecule has 0 saturated heterocycles. The average Bonchev–Trinajstić information content (AvgIpc) is 3.08. The molecule has 1 aliphatic heterocycles. The summed E-state index contributed by atoms with van der Waals surface area (Å²) in [5.74, 6) is 3.62. The van der Waals surface area contributed by atoms with Gasteiger partial charge < -0.3 is 20.1 Å². The predicted octanol–water partition coefficient (Wildman–Crippen LogP) is 3.26. The molecule has 7 nitrogen and oxygen atoms in total. The maximum atomic E-state index is 5.40. The number of nitrogens with one attached hydrogen (secondary N) is 2. The Balaban J connectivity index is 1.49. The number of pyridine rings is 1. The van der Waals surface area contributed by atoms with Gasteiger partial charge in [-0.25, -0.2) is 9.97 Å². The summed E-state index contributed by atoms with van der Waals surface area (Å²) in [6.07, 6.45) is 3.58. The highest BCUT2D eigenvalue weighted by atomic mass is 16.7. The standard InChI is InChI=1S/C18H17N5O2/c1-12-21-17(20-10-13-3-2-6-19-9-13)8-18(22-12)23-14-4-5-15-16(7-14)25-11-24-15/h2-9H,10-11H2,1H3,(H2,20,21,22,23). The highest BCUT2D eigenvalue weighted by Gasteiger charge is 2.13. The van der Waals surface area contributed by atoms with Crippen LogP contribution in [0.15, 0.2) is 48.8 Å². The number of anilines is 3. The van der Waals surface area contributed by atoms with Gasteiger partial charge in [0.1, 0.15) is 17.5 Å². The van der Waals surface area contributed by atoms with E-state index in [4.69, 9.17) is 9.47 Å². The fourth-order valence-electron chi connectivity index (χ4n) is 2.54. The Kier molecular flexibility index (Phi) is 4.04. The van der Waals surface area contributed by atoms with Crippen LogP contribution in [-0.2, 0) is 6.54 Å². The first kappa shape index (κ1) is 15.2. The van der Waals surface area contributed by atoms with E-state index in [1.54, 1.807) is 6.20 Å². The number of ether oxygens (including phenoxy) is 2. The first-order chi connectivity index (χ1) is 12.3. The topological polar surface area (TPSA) is 81.2 Å². The third-order valence-electron chi connectivity index (χ3n) is 3.68. The molecular formula is C18H17N5O2. The maximum Gasteiger partial charge on any atom is 0.231 e. The van der Waals surface area contributed by atoms with Gasteiger partial charge >= 0.3 is 0 Å². The van der Waals surface area contributed by atoms with Crippen molar-refractivity contribution in [3.05, 3.63) is 60.2 Å².